The van der Waals surface area contributed by atoms with Gasteiger partial charge in [-0.05, 0) is 31.0 Å². The van der Waals surface area contributed by atoms with E-state index in [4.69, 9.17) is 0 Å². The van der Waals surface area contributed by atoms with Crippen molar-refractivity contribution in [2.75, 3.05) is 13.2 Å². The summed E-state index contributed by atoms with van der Waals surface area (Å²) in [5.74, 6) is -0.213. The summed E-state index contributed by atoms with van der Waals surface area (Å²) in [5, 5.41) is 12.7. The lowest BCUT2D eigenvalue weighted by Gasteiger charge is -2.28. The van der Waals surface area contributed by atoms with Crippen molar-refractivity contribution in [1.29, 1.82) is 0 Å². The Balaban J connectivity index is 2.55. The van der Waals surface area contributed by atoms with E-state index in [9.17, 15) is 9.50 Å². The molecule has 2 atom stereocenters. The maximum atomic E-state index is 12.8. The van der Waals surface area contributed by atoms with E-state index in [2.05, 4.69) is 19.2 Å². The van der Waals surface area contributed by atoms with Gasteiger partial charge in [-0.25, -0.2) is 4.39 Å². The van der Waals surface area contributed by atoms with Gasteiger partial charge in [-0.3, -0.25) is 0 Å². The number of hydrogen-bond acceptors (Lipinski definition) is 2. The number of nitrogens with one attached hydrogen (secondary N) is 1. The number of rotatable bonds is 6. The Morgan fingerprint density at radius 3 is 2.41 bits per heavy atom. The zero-order valence-corrected chi connectivity index (χ0v) is 10.8. The van der Waals surface area contributed by atoms with Crippen LogP contribution in [0.2, 0.25) is 0 Å². The first-order valence-corrected chi connectivity index (χ1v) is 6.10. The van der Waals surface area contributed by atoms with Gasteiger partial charge < -0.3 is 10.4 Å². The zero-order chi connectivity index (χ0) is 12.9. The summed E-state index contributed by atoms with van der Waals surface area (Å²) >= 11 is 0. The van der Waals surface area contributed by atoms with Crippen molar-refractivity contribution in [1.82, 2.24) is 5.32 Å². The molecular formula is C14H22FNO. The van der Waals surface area contributed by atoms with Crippen molar-refractivity contribution in [3.05, 3.63) is 35.6 Å². The lowest BCUT2D eigenvalue weighted by atomic mass is 9.88. The Kier molecular flexibility index (Phi) is 5.09. The largest absolute Gasteiger partial charge is 0.396 e. The van der Waals surface area contributed by atoms with Crippen molar-refractivity contribution in [2.24, 2.45) is 5.41 Å². The van der Waals surface area contributed by atoms with Crippen LogP contribution in [0.15, 0.2) is 24.3 Å². The van der Waals surface area contributed by atoms with E-state index in [1.807, 2.05) is 6.92 Å². The molecule has 0 saturated carbocycles. The molecule has 0 saturated heterocycles. The summed E-state index contributed by atoms with van der Waals surface area (Å²) < 4.78 is 12.8. The minimum Gasteiger partial charge on any atom is -0.396 e. The molecule has 0 aromatic heterocycles. The molecule has 0 aliphatic heterocycles. The molecule has 2 N–H and O–H groups in total. The summed E-state index contributed by atoms with van der Waals surface area (Å²) in [6, 6.07) is 6.68. The van der Waals surface area contributed by atoms with Crippen LogP contribution in [0, 0.1) is 11.2 Å². The number of benzene rings is 1. The average molecular weight is 239 g/mol. The van der Waals surface area contributed by atoms with Crippen LogP contribution < -0.4 is 5.32 Å². The van der Waals surface area contributed by atoms with Gasteiger partial charge in [0.05, 0.1) is 0 Å². The second kappa shape index (κ2) is 6.12. The molecule has 1 aromatic carbocycles. The van der Waals surface area contributed by atoms with Gasteiger partial charge in [0, 0.05) is 24.6 Å². The van der Waals surface area contributed by atoms with Crippen molar-refractivity contribution >= 4 is 0 Å². The first-order chi connectivity index (χ1) is 8.00. The van der Waals surface area contributed by atoms with Crippen LogP contribution >= 0.6 is 0 Å². The summed E-state index contributed by atoms with van der Waals surface area (Å²) in [4.78, 5) is 0. The van der Waals surface area contributed by atoms with Gasteiger partial charge in [0.2, 0.25) is 0 Å². The predicted molar refractivity (Wildman–Crippen MR) is 68.3 cm³/mol. The van der Waals surface area contributed by atoms with Gasteiger partial charge in [0.25, 0.3) is 0 Å². The number of aliphatic hydroxyl groups is 1. The molecule has 96 valence electrons. The highest BCUT2D eigenvalue weighted by molar-refractivity contribution is 5.19. The maximum absolute atomic E-state index is 12.8. The van der Waals surface area contributed by atoms with Crippen LogP contribution in [0.3, 0.4) is 0 Å². The maximum Gasteiger partial charge on any atom is 0.123 e. The number of hydrogen-bond donors (Lipinski definition) is 2. The predicted octanol–water partition coefficient (Wildman–Crippen LogP) is 2.88. The fraction of sp³-hybridized carbons (Fsp3) is 0.571. The van der Waals surface area contributed by atoms with Gasteiger partial charge in [-0.15, -0.1) is 0 Å². The minimum atomic E-state index is -0.213. The molecule has 3 heteroatoms. The van der Waals surface area contributed by atoms with E-state index < -0.39 is 0 Å². The van der Waals surface area contributed by atoms with Crippen LogP contribution in [-0.2, 0) is 0 Å². The van der Waals surface area contributed by atoms with Gasteiger partial charge in [0.1, 0.15) is 5.82 Å². The molecule has 1 unspecified atom stereocenters. The molecule has 0 heterocycles. The Morgan fingerprint density at radius 2 is 1.94 bits per heavy atom. The Morgan fingerprint density at radius 1 is 1.35 bits per heavy atom. The van der Waals surface area contributed by atoms with Crippen LogP contribution in [0.1, 0.15) is 38.8 Å². The quantitative estimate of drug-likeness (QED) is 0.800. The Bertz CT molecular complexity index is 333. The van der Waals surface area contributed by atoms with E-state index in [-0.39, 0.29) is 23.9 Å². The molecule has 1 aromatic rings. The molecule has 0 bridgehead atoms. The van der Waals surface area contributed by atoms with Crippen molar-refractivity contribution < 1.29 is 9.50 Å². The smallest absolute Gasteiger partial charge is 0.123 e. The van der Waals surface area contributed by atoms with Crippen LogP contribution in [0.25, 0.3) is 0 Å². The molecule has 2 nitrogen and oxygen atoms in total. The molecule has 0 amide bonds. The summed E-state index contributed by atoms with van der Waals surface area (Å²) in [6.45, 7) is 7.09. The highest BCUT2D eigenvalue weighted by atomic mass is 19.1. The lowest BCUT2D eigenvalue weighted by Crippen LogP contribution is -2.35. The normalized spacial score (nSPS) is 16.5. The summed E-state index contributed by atoms with van der Waals surface area (Å²) in [5.41, 5.74) is 0.969. The van der Waals surface area contributed by atoms with E-state index >= 15 is 0 Å². The molecule has 1 rings (SSSR count). The third-order valence-corrected chi connectivity index (χ3v) is 3.44. The summed E-state index contributed by atoms with van der Waals surface area (Å²) in [7, 11) is 0. The van der Waals surface area contributed by atoms with Gasteiger partial charge in [-0.2, -0.15) is 0 Å². The Labute approximate surface area is 103 Å². The topological polar surface area (TPSA) is 32.3 Å². The van der Waals surface area contributed by atoms with Crippen molar-refractivity contribution in [2.45, 2.75) is 33.2 Å². The van der Waals surface area contributed by atoms with Crippen molar-refractivity contribution in [3.8, 4) is 0 Å². The fourth-order valence-electron chi connectivity index (χ4n) is 1.56. The third-order valence-electron chi connectivity index (χ3n) is 3.44. The van der Waals surface area contributed by atoms with Gasteiger partial charge in [0.15, 0.2) is 0 Å². The Hall–Kier alpha value is -0.930. The van der Waals surface area contributed by atoms with E-state index in [1.54, 1.807) is 12.1 Å². The minimum absolute atomic E-state index is 0.0890. The van der Waals surface area contributed by atoms with E-state index in [1.165, 1.54) is 12.1 Å². The lowest BCUT2D eigenvalue weighted by molar-refractivity contribution is 0.132. The second-order valence-electron chi connectivity index (χ2n) is 4.98. The molecule has 0 aliphatic rings. The molecule has 17 heavy (non-hydrogen) atoms. The second-order valence-corrected chi connectivity index (χ2v) is 4.98. The monoisotopic (exact) mass is 239 g/mol. The van der Waals surface area contributed by atoms with Crippen molar-refractivity contribution in [3.63, 3.8) is 0 Å². The first-order valence-electron chi connectivity index (χ1n) is 6.10. The molecule has 0 spiro atoms. The third kappa shape index (κ3) is 4.10. The van der Waals surface area contributed by atoms with Crippen LogP contribution in [0.5, 0.6) is 0 Å². The fourth-order valence-corrected chi connectivity index (χ4v) is 1.56. The molecule has 0 radical (unpaired) electrons. The molecular weight excluding hydrogens is 217 g/mol. The van der Waals surface area contributed by atoms with Gasteiger partial charge >= 0.3 is 0 Å². The highest BCUT2D eigenvalue weighted by Crippen LogP contribution is 2.21. The van der Waals surface area contributed by atoms with Crippen LogP contribution in [0.4, 0.5) is 4.39 Å². The van der Waals surface area contributed by atoms with E-state index in [0.717, 1.165) is 18.5 Å². The number of halogens is 1. The number of aliphatic hydroxyl groups excluding tert-OH is 1. The summed E-state index contributed by atoms with van der Waals surface area (Å²) in [6.07, 6.45) is 0.923. The SMILES string of the molecule is CCC(C)(CO)CN[C@H](C)c1ccc(F)cc1. The molecule has 0 aliphatic carbocycles. The average Bonchev–Trinajstić information content (AvgIpc) is 2.36. The molecule has 0 fully saturated rings. The zero-order valence-electron chi connectivity index (χ0n) is 10.8. The van der Waals surface area contributed by atoms with E-state index in [0.29, 0.717) is 0 Å². The van der Waals surface area contributed by atoms with Crippen LogP contribution in [-0.4, -0.2) is 18.3 Å². The van der Waals surface area contributed by atoms with Gasteiger partial charge in [-0.1, -0.05) is 26.0 Å². The highest BCUT2D eigenvalue weighted by Gasteiger charge is 2.21. The first kappa shape index (κ1) is 14.1. The standard InChI is InChI=1S/C14H22FNO/c1-4-14(3,10-17)9-16-11(2)12-5-7-13(15)8-6-12/h5-8,11,16-17H,4,9-10H2,1-3H3/t11-,14?/m1/s1.